The molecule has 1 aliphatic carbocycles. The fourth-order valence-electron chi connectivity index (χ4n) is 4.84. The van der Waals surface area contributed by atoms with Gasteiger partial charge in [0.15, 0.2) is 0 Å². The van der Waals surface area contributed by atoms with Gasteiger partial charge in [-0.2, -0.15) is 0 Å². The summed E-state index contributed by atoms with van der Waals surface area (Å²) in [4.78, 5) is 26.4. The van der Waals surface area contributed by atoms with Crippen LogP contribution in [0.25, 0.3) is 0 Å². The molecule has 35 heavy (non-hydrogen) atoms. The maximum absolute atomic E-state index is 13.2. The van der Waals surface area contributed by atoms with Gasteiger partial charge < -0.3 is 19.5 Å². The van der Waals surface area contributed by atoms with E-state index in [1.807, 2.05) is 18.2 Å². The number of nitrogens with zero attached hydrogens (tertiary/aromatic N) is 1. The third-order valence-electron chi connectivity index (χ3n) is 6.67. The molecule has 0 saturated carbocycles. The van der Waals surface area contributed by atoms with Crippen molar-refractivity contribution in [2.24, 2.45) is 0 Å². The molecule has 3 aromatic rings. The average Bonchev–Trinajstić information content (AvgIpc) is 3.26. The Morgan fingerprint density at radius 2 is 1.83 bits per heavy atom. The molecular formula is C27H23Cl2NO5. The summed E-state index contributed by atoms with van der Waals surface area (Å²) in [6.07, 6.45) is 2.15. The topological polar surface area (TPSA) is 76.1 Å². The standard InChI is InChI=1S/C27H23Cl2NO5/c1-30(23-8-2-15-12-17(28)4-6-19(15)23)26(31)16-3-9-24(22(29)13-16)35-18-5-7-20-21(27(32)33)10-11-34-25(20)14-18/h3-7,9,12-14,21,23H,2,8,10-11H2,1H3,(H,32,33). The zero-order valence-corrected chi connectivity index (χ0v) is 20.5. The van der Waals surface area contributed by atoms with Gasteiger partial charge in [0.1, 0.15) is 17.2 Å². The van der Waals surface area contributed by atoms with Crippen molar-refractivity contribution in [3.05, 3.63) is 86.9 Å². The average molecular weight is 512 g/mol. The molecule has 0 radical (unpaired) electrons. The summed E-state index contributed by atoms with van der Waals surface area (Å²) >= 11 is 12.6. The molecule has 1 aliphatic heterocycles. The Kier molecular flexibility index (Phi) is 6.34. The normalized spacial score (nSPS) is 18.3. The summed E-state index contributed by atoms with van der Waals surface area (Å²) in [7, 11) is 1.80. The number of rotatable bonds is 5. The fourth-order valence-corrected chi connectivity index (χ4v) is 5.26. The number of halogens is 2. The van der Waals surface area contributed by atoms with Crippen LogP contribution in [0.2, 0.25) is 10.0 Å². The van der Waals surface area contributed by atoms with Crippen molar-refractivity contribution in [2.45, 2.75) is 31.2 Å². The lowest BCUT2D eigenvalue weighted by Gasteiger charge is -2.26. The van der Waals surface area contributed by atoms with Gasteiger partial charge in [-0.05, 0) is 66.8 Å². The highest BCUT2D eigenvalue weighted by Crippen LogP contribution is 2.40. The molecule has 180 valence electrons. The van der Waals surface area contributed by atoms with Gasteiger partial charge in [-0.15, -0.1) is 0 Å². The Labute approximate surface area is 213 Å². The third kappa shape index (κ3) is 4.56. The molecule has 2 atom stereocenters. The van der Waals surface area contributed by atoms with Crippen LogP contribution >= 0.6 is 23.2 Å². The van der Waals surface area contributed by atoms with Crippen molar-refractivity contribution >= 4 is 35.1 Å². The smallest absolute Gasteiger partial charge is 0.311 e. The number of carboxylic acid groups (broad SMARTS) is 1. The highest BCUT2D eigenvalue weighted by Gasteiger charge is 2.30. The van der Waals surface area contributed by atoms with E-state index in [1.54, 1.807) is 48.3 Å². The van der Waals surface area contributed by atoms with Crippen LogP contribution in [0.1, 0.15) is 51.8 Å². The van der Waals surface area contributed by atoms with Crippen LogP contribution in [0.3, 0.4) is 0 Å². The molecule has 0 saturated heterocycles. The monoisotopic (exact) mass is 511 g/mol. The molecule has 5 rings (SSSR count). The summed E-state index contributed by atoms with van der Waals surface area (Å²) < 4.78 is 11.6. The van der Waals surface area contributed by atoms with Gasteiger partial charge in [0.05, 0.1) is 23.6 Å². The van der Waals surface area contributed by atoms with E-state index in [0.717, 1.165) is 18.4 Å². The second-order valence-corrected chi connectivity index (χ2v) is 9.63. The summed E-state index contributed by atoms with van der Waals surface area (Å²) in [6.45, 7) is 0.330. The Balaban J connectivity index is 1.32. The first kappa shape index (κ1) is 23.5. The summed E-state index contributed by atoms with van der Waals surface area (Å²) in [6, 6.07) is 15.8. The second kappa shape index (κ2) is 9.44. The number of amides is 1. The van der Waals surface area contributed by atoms with Crippen LogP contribution in [0, 0.1) is 0 Å². The van der Waals surface area contributed by atoms with Crippen LogP contribution in [0.4, 0.5) is 0 Å². The SMILES string of the molecule is CN(C(=O)c1ccc(Oc2ccc3c(c2)OCCC3C(=O)O)c(Cl)c1)C1CCc2cc(Cl)ccc21. The maximum Gasteiger partial charge on any atom is 0.311 e. The highest BCUT2D eigenvalue weighted by atomic mass is 35.5. The lowest BCUT2D eigenvalue weighted by atomic mass is 9.93. The molecular weight excluding hydrogens is 489 g/mol. The minimum atomic E-state index is -0.874. The number of aryl methyl sites for hydroxylation is 1. The first-order chi connectivity index (χ1) is 16.8. The quantitative estimate of drug-likeness (QED) is 0.423. The molecule has 0 fully saturated rings. The molecule has 2 unspecified atom stereocenters. The first-order valence-corrected chi connectivity index (χ1v) is 12.1. The fraction of sp³-hybridized carbons (Fsp3) is 0.259. The number of carbonyl (C=O) groups excluding carboxylic acids is 1. The maximum atomic E-state index is 13.2. The molecule has 8 heteroatoms. The lowest BCUT2D eigenvalue weighted by Crippen LogP contribution is -2.30. The van der Waals surface area contributed by atoms with Gasteiger partial charge in [0, 0.05) is 29.3 Å². The van der Waals surface area contributed by atoms with Crippen molar-refractivity contribution in [3.8, 4) is 17.2 Å². The molecule has 1 N–H and O–H groups in total. The van der Waals surface area contributed by atoms with Gasteiger partial charge in [-0.3, -0.25) is 9.59 Å². The van der Waals surface area contributed by atoms with Crippen LogP contribution in [-0.4, -0.2) is 35.5 Å². The number of carboxylic acids is 1. The minimum absolute atomic E-state index is 0.0189. The Hall–Kier alpha value is -3.22. The van der Waals surface area contributed by atoms with Crippen molar-refractivity contribution in [3.63, 3.8) is 0 Å². The number of hydrogen-bond donors (Lipinski definition) is 1. The molecule has 2 aliphatic rings. The lowest BCUT2D eigenvalue weighted by molar-refractivity contribution is -0.139. The third-order valence-corrected chi connectivity index (χ3v) is 7.20. The van der Waals surface area contributed by atoms with Gasteiger partial charge >= 0.3 is 5.97 Å². The summed E-state index contributed by atoms with van der Waals surface area (Å²) in [5, 5.41) is 10.4. The van der Waals surface area contributed by atoms with Crippen molar-refractivity contribution in [1.82, 2.24) is 4.90 Å². The first-order valence-electron chi connectivity index (χ1n) is 11.3. The second-order valence-electron chi connectivity index (χ2n) is 8.79. The molecule has 1 amide bonds. The van der Waals surface area contributed by atoms with E-state index in [1.165, 1.54) is 5.56 Å². The van der Waals surface area contributed by atoms with Gasteiger partial charge in [0.2, 0.25) is 0 Å². The predicted octanol–water partition coefficient (Wildman–Crippen LogP) is 6.50. The number of carbonyl (C=O) groups is 2. The number of benzene rings is 3. The molecule has 3 aromatic carbocycles. The molecule has 0 aromatic heterocycles. The van der Waals surface area contributed by atoms with E-state index >= 15 is 0 Å². The van der Waals surface area contributed by atoms with Gasteiger partial charge in [-0.1, -0.05) is 35.3 Å². The van der Waals surface area contributed by atoms with E-state index in [9.17, 15) is 14.7 Å². The van der Waals surface area contributed by atoms with Crippen LogP contribution in [0.5, 0.6) is 17.2 Å². The van der Waals surface area contributed by atoms with Crippen molar-refractivity contribution in [2.75, 3.05) is 13.7 Å². The van der Waals surface area contributed by atoms with Crippen molar-refractivity contribution < 1.29 is 24.2 Å². The predicted molar refractivity (Wildman–Crippen MR) is 133 cm³/mol. The number of fused-ring (bicyclic) bond motifs is 2. The Morgan fingerprint density at radius 1 is 1.03 bits per heavy atom. The summed E-state index contributed by atoms with van der Waals surface area (Å²) in [5.74, 6) is -0.257. The van der Waals surface area contributed by atoms with Gasteiger partial charge in [-0.25, -0.2) is 0 Å². The minimum Gasteiger partial charge on any atom is -0.493 e. The number of aliphatic carboxylic acids is 1. The molecule has 0 spiro atoms. The van der Waals surface area contributed by atoms with E-state index in [-0.39, 0.29) is 11.9 Å². The number of hydrogen-bond acceptors (Lipinski definition) is 4. The molecule has 1 heterocycles. The Morgan fingerprint density at radius 3 is 2.60 bits per heavy atom. The van der Waals surface area contributed by atoms with E-state index < -0.39 is 11.9 Å². The Bertz CT molecular complexity index is 1320. The van der Waals surface area contributed by atoms with Crippen LogP contribution < -0.4 is 9.47 Å². The van der Waals surface area contributed by atoms with Crippen molar-refractivity contribution in [1.29, 1.82) is 0 Å². The van der Waals surface area contributed by atoms with E-state index in [2.05, 4.69) is 0 Å². The number of ether oxygens (including phenoxy) is 2. The zero-order valence-electron chi connectivity index (χ0n) is 19.0. The zero-order chi connectivity index (χ0) is 24.7. The van der Waals surface area contributed by atoms with Gasteiger partial charge in [0.25, 0.3) is 5.91 Å². The highest BCUT2D eigenvalue weighted by molar-refractivity contribution is 6.32. The van der Waals surface area contributed by atoms with E-state index in [0.29, 0.717) is 51.4 Å². The molecule has 6 nitrogen and oxygen atoms in total. The van der Waals surface area contributed by atoms with Crippen LogP contribution in [-0.2, 0) is 11.2 Å². The van der Waals surface area contributed by atoms with Crippen LogP contribution in [0.15, 0.2) is 54.6 Å². The molecule has 0 bridgehead atoms. The van der Waals surface area contributed by atoms with E-state index in [4.69, 9.17) is 32.7 Å². The summed E-state index contributed by atoms with van der Waals surface area (Å²) in [5.41, 5.74) is 3.39. The largest absolute Gasteiger partial charge is 0.493 e.